The summed E-state index contributed by atoms with van der Waals surface area (Å²) in [6, 6.07) is 13.9. The molecule has 0 fully saturated rings. The fourth-order valence-electron chi connectivity index (χ4n) is 2.41. The Bertz CT molecular complexity index is 843. The van der Waals surface area contributed by atoms with Gasteiger partial charge in [-0.3, -0.25) is 0 Å². The van der Waals surface area contributed by atoms with E-state index in [0.29, 0.717) is 11.8 Å². The standard InChI is InChI=1S/C19H18ClNO2S/c1-12-5-4-6-17(13(12)2)23-11-16-18(24-21-19(16)20)14-7-9-15(22-3)10-8-14/h4-10H,11H2,1-3H3. The predicted molar refractivity (Wildman–Crippen MR) is 99.4 cm³/mol. The van der Waals surface area contributed by atoms with Gasteiger partial charge in [0.25, 0.3) is 0 Å². The molecular formula is C19H18ClNO2S. The molecule has 124 valence electrons. The molecule has 0 atom stereocenters. The van der Waals surface area contributed by atoms with Crippen LogP contribution in [0.15, 0.2) is 42.5 Å². The van der Waals surface area contributed by atoms with Gasteiger partial charge < -0.3 is 9.47 Å². The van der Waals surface area contributed by atoms with Crippen molar-refractivity contribution < 1.29 is 9.47 Å². The first kappa shape index (κ1) is 16.8. The maximum atomic E-state index is 6.29. The van der Waals surface area contributed by atoms with E-state index in [1.165, 1.54) is 17.1 Å². The number of hydrogen-bond donors (Lipinski definition) is 0. The third-order valence-electron chi connectivity index (χ3n) is 4.02. The molecule has 0 amide bonds. The van der Waals surface area contributed by atoms with E-state index in [2.05, 4.69) is 24.3 Å². The summed E-state index contributed by atoms with van der Waals surface area (Å²) in [6.07, 6.45) is 0. The van der Waals surface area contributed by atoms with Crippen LogP contribution in [0.5, 0.6) is 11.5 Å². The van der Waals surface area contributed by atoms with E-state index in [1.807, 2.05) is 36.4 Å². The lowest BCUT2D eigenvalue weighted by Crippen LogP contribution is -1.99. The number of benzene rings is 2. The van der Waals surface area contributed by atoms with E-state index < -0.39 is 0 Å². The first-order valence-electron chi connectivity index (χ1n) is 7.57. The van der Waals surface area contributed by atoms with Crippen LogP contribution in [-0.4, -0.2) is 11.5 Å². The number of aromatic nitrogens is 1. The zero-order valence-electron chi connectivity index (χ0n) is 13.8. The number of halogens is 1. The highest BCUT2D eigenvalue weighted by atomic mass is 35.5. The quantitative estimate of drug-likeness (QED) is 0.588. The molecule has 0 radical (unpaired) electrons. The monoisotopic (exact) mass is 359 g/mol. The lowest BCUT2D eigenvalue weighted by atomic mass is 10.1. The second kappa shape index (κ2) is 7.24. The van der Waals surface area contributed by atoms with Crippen LogP contribution in [-0.2, 0) is 6.61 Å². The Labute approximate surface area is 151 Å². The predicted octanol–water partition coefficient (Wildman–Crippen LogP) is 5.67. The highest BCUT2D eigenvalue weighted by molar-refractivity contribution is 7.10. The minimum Gasteiger partial charge on any atom is -0.497 e. The molecule has 0 bridgehead atoms. The molecule has 0 aliphatic rings. The third kappa shape index (κ3) is 3.40. The van der Waals surface area contributed by atoms with Gasteiger partial charge in [-0.25, -0.2) is 0 Å². The topological polar surface area (TPSA) is 31.4 Å². The second-order valence-electron chi connectivity index (χ2n) is 5.50. The molecule has 1 aromatic heterocycles. The normalized spacial score (nSPS) is 10.7. The zero-order chi connectivity index (χ0) is 17.1. The van der Waals surface area contributed by atoms with Gasteiger partial charge in [-0.1, -0.05) is 23.7 Å². The summed E-state index contributed by atoms with van der Waals surface area (Å²) in [7, 11) is 1.65. The molecule has 0 saturated carbocycles. The molecule has 0 unspecified atom stereocenters. The first-order chi connectivity index (χ1) is 11.6. The number of nitrogens with zero attached hydrogens (tertiary/aromatic N) is 1. The van der Waals surface area contributed by atoms with Gasteiger partial charge in [-0.05, 0) is 72.4 Å². The van der Waals surface area contributed by atoms with E-state index in [0.717, 1.165) is 33.1 Å². The molecule has 0 aliphatic carbocycles. The molecular weight excluding hydrogens is 342 g/mol. The van der Waals surface area contributed by atoms with Gasteiger partial charge in [-0.2, -0.15) is 4.37 Å². The average Bonchev–Trinajstić information content (AvgIpc) is 2.97. The molecule has 0 spiro atoms. The smallest absolute Gasteiger partial charge is 0.150 e. The molecule has 3 aromatic rings. The van der Waals surface area contributed by atoms with Crippen LogP contribution in [0.25, 0.3) is 10.4 Å². The van der Waals surface area contributed by atoms with Crippen molar-refractivity contribution >= 4 is 23.1 Å². The van der Waals surface area contributed by atoms with Crippen molar-refractivity contribution in [2.24, 2.45) is 0 Å². The van der Waals surface area contributed by atoms with Crippen molar-refractivity contribution in [3.8, 4) is 21.9 Å². The number of hydrogen-bond acceptors (Lipinski definition) is 4. The Morgan fingerprint density at radius 2 is 1.83 bits per heavy atom. The molecule has 0 N–H and O–H groups in total. The summed E-state index contributed by atoms with van der Waals surface area (Å²) in [5.41, 5.74) is 4.31. The Hall–Kier alpha value is -2.04. The Morgan fingerprint density at radius 3 is 2.54 bits per heavy atom. The van der Waals surface area contributed by atoms with Gasteiger partial charge in [0.15, 0.2) is 0 Å². The molecule has 24 heavy (non-hydrogen) atoms. The SMILES string of the molecule is COc1ccc(-c2snc(Cl)c2COc2cccc(C)c2C)cc1. The van der Waals surface area contributed by atoms with Crippen molar-refractivity contribution in [1.82, 2.24) is 4.37 Å². The number of aryl methyl sites for hydroxylation is 1. The van der Waals surface area contributed by atoms with Crippen molar-refractivity contribution in [3.05, 3.63) is 64.3 Å². The minimum atomic E-state index is 0.390. The van der Waals surface area contributed by atoms with Crippen molar-refractivity contribution in [1.29, 1.82) is 0 Å². The Balaban J connectivity index is 1.86. The summed E-state index contributed by atoms with van der Waals surface area (Å²) in [5, 5.41) is 0.496. The molecule has 5 heteroatoms. The molecule has 0 aliphatic heterocycles. The minimum absolute atomic E-state index is 0.390. The van der Waals surface area contributed by atoms with Gasteiger partial charge in [0.1, 0.15) is 23.3 Å². The van der Waals surface area contributed by atoms with Crippen molar-refractivity contribution in [2.45, 2.75) is 20.5 Å². The largest absolute Gasteiger partial charge is 0.497 e. The van der Waals surface area contributed by atoms with Crippen molar-refractivity contribution in [2.75, 3.05) is 7.11 Å². The maximum Gasteiger partial charge on any atom is 0.150 e. The Kier molecular flexibility index (Phi) is 5.07. The van der Waals surface area contributed by atoms with E-state index in [1.54, 1.807) is 7.11 Å². The molecule has 2 aromatic carbocycles. The lowest BCUT2D eigenvalue weighted by Gasteiger charge is -2.11. The van der Waals surface area contributed by atoms with Gasteiger partial charge in [0.05, 0.1) is 12.0 Å². The first-order valence-corrected chi connectivity index (χ1v) is 8.72. The molecule has 1 heterocycles. The summed E-state index contributed by atoms with van der Waals surface area (Å²) in [4.78, 5) is 1.02. The molecule has 3 rings (SSSR count). The van der Waals surface area contributed by atoms with Crippen LogP contribution in [0, 0.1) is 13.8 Å². The fourth-order valence-corrected chi connectivity index (χ4v) is 3.51. The van der Waals surface area contributed by atoms with Crippen LogP contribution < -0.4 is 9.47 Å². The van der Waals surface area contributed by atoms with E-state index >= 15 is 0 Å². The molecule has 3 nitrogen and oxygen atoms in total. The van der Waals surface area contributed by atoms with E-state index in [9.17, 15) is 0 Å². The van der Waals surface area contributed by atoms with Crippen LogP contribution in [0.1, 0.15) is 16.7 Å². The van der Waals surface area contributed by atoms with Crippen LogP contribution >= 0.6 is 23.1 Å². The van der Waals surface area contributed by atoms with E-state index in [4.69, 9.17) is 21.1 Å². The lowest BCUT2D eigenvalue weighted by molar-refractivity contribution is 0.304. The van der Waals surface area contributed by atoms with Gasteiger partial charge in [-0.15, -0.1) is 0 Å². The summed E-state index contributed by atoms with van der Waals surface area (Å²) < 4.78 is 15.5. The fraction of sp³-hybridized carbons (Fsp3) is 0.211. The van der Waals surface area contributed by atoms with Gasteiger partial charge >= 0.3 is 0 Å². The van der Waals surface area contributed by atoms with Crippen LogP contribution in [0.2, 0.25) is 5.15 Å². The summed E-state index contributed by atoms with van der Waals surface area (Å²) >= 11 is 7.67. The number of rotatable bonds is 5. The van der Waals surface area contributed by atoms with Gasteiger partial charge in [0, 0.05) is 5.56 Å². The third-order valence-corrected chi connectivity index (χ3v) is 5.37. The maximum absolute atomic E-state index is 6.29. The van der Waals surface area contributed by atoms with Crippen LogP contribution in [0.3, 0.4) is 0 Å². The number of methoxy groups -OCH3 is 1. The highest BCUT2D eigenvalue weighted by Gasteiger charge is 2.15. The van der Waals surface area contributed by atoms with Gasteiger partial charge in [0.2, 0.25) is 0 Å². The summed E-state index contributed by atoms with van der Waals surface area (Å²) in [6.45, 7) is 4.52. The zero-order valence-corrected chi connectivity index (χ0v) is 15.4. The van der Waals surface area contributed by atoms with Crippen molar-refractivity contribution in [3.63, 3.8) is 0 Å². The number of ether oxygens (including phenoxy) is 2. The van der Waals surface area contributed by atoms with E-state index in [-0.39, 0.29) is 0 Å². The Morgan fingerprint density at radius 1 is 1.08 bits per heavy atom. The van der Waals surface area contributed by atoms with Crippen LogP contribution in [0.4, 0.5) is 0 Å². The molecule has 0 saturated heterocycles. The summed E-state index contributed by atoms with van der Waals surface area (Å²) in [5.74, 6) is 1.69. The second-order valence-corrected chi connectivity index (χ2v) is 6.63. The highest BCUT2D eigenvalue weighted by Crippen LogP contribution is 2.35. The average molecular weight is 360 g/mol.